The van der Waals surface area contributed by atoms with Crippen molar-refractivity contribution >= 4 is 29.3 Å². The van der Waals surface area contributed by atoms with Gasteiger partial charge in [0.1, 0.15) is 6.04 Å². The van der Waals surface area contributed by atoms with Crippen molar-refractivity contribution in [3.63, 3.8) is 0 Å². The zero-order valence-corrected chi connectivity index (χ0v) is 26.5. The van der Waals surface area contributed by atoms with E-state index in [1.807, 2.05) is 24.3 Å². The highest BCUT2D eigenvalue weighted by Crippen LogP contribution is 2.40. The molecule has 1 saturated carbocycles. The number of nitrogens with zero attached hydrogens (tertiary/aromatic N) is 3. The number of rotatable bonds is 6. The average Bonchev–Trinajstić information content (AvgIpc) is 3.61. The van der Waals surface area contributed by atoms with Crippen LogP contribution in [0.15, 0.2) is 24.3 Å². The summed E-state index contributed by atoms with van der Waals surface area (Å²) in [4.78, 5) is 47.7. The summed E-state index contributed by atoms with van der Waals surface area (Å²) in [6.45, 7) is 11.7. The van der Waals surface area contributed by atoms with E-state index in [1.54, 1.807) is 4.90 Å². The molecule has 0 aromatic heterocycles. The Morgan fingerprint density at radius 3 is 2.17 bits per heavy atom. The fourth-order valence-electron chi connectivity index (χ4n) is 7.73. The SMILES string of the molecule is CC1CCC(N(C(=O)C2CCOCC2)[C@H]2C[C@@H](C(N)=O)N(C(=O)[C@@H]3CN(C(C)(C)C)C[C@H]3c3ccc(Cl)cc3)C2)CC1. The summed E-state index contributed by atoms with van der Waals surface area (Å²) in [5.41, 5.74) is 6.95. The molecule has 0 spiro atoms. The van der Waals surface area contributed by atoms with Crippen molar-refractivity contribution in [2.75, 3.05) is 32.8 Å². The van der Waals surface area contributed by atoms with E-state index in [2.05, 4.69) is 37.5 Å². The van der Waals surface area contributed by atoms with Gasteiger partial charge in [0, 0.05) is 61.3 Å². The zero-order chi connectivity index (χ0) is 30.2. The number of carbonyl (C=O) groups is 3. The van der Waals surface area contributed by atoms with E-state index in [4.69, 9.17) is 22.1 Å². The molecule has 0 unspecified atom stereocenters. The molecule has 2 N–H and O–H groups in total. The topological polar surface area (TPSA) is 96.2 Å². The number of ether oxygens (including phenoxy) is 1. The lowest BCUT2D eigenvalue weighted by Gasteiger charge is -2.42. The Kier molecular flexibility index (Phi) is 9.55. The molecule has 3 heterocycles. The summed E-state index contributed by atoms with van der Waals surface area (Å²) in [6.07, 6.45) is 5.95. The maximum Gasteiger partial charge on any atom is 0.240 e. The molecule has 0 bridgehead atoms. The lowest BCUT2D eigenvalue weighted by Crippen LogP contribution is -2.52. The van der Waals surface area contributed by atoms with E-state index in [9.17, 15) is 14.4 Å². The van der Waals surface area contributed by atoms with Crippen LogP contribution in [-0.2, 0) is 19.1 Å². The van der Waals surface area contributed by atoms with E-state index >= 15 is 0 Å². The first-order valence-corrected chi connectivity index (χ1v) is 16.3. The third kappa shape index (κ3) is 6.66. The Hall–Kier alpha value is -2.16. The predicted molar refractivity (Wildman–Crippen MR) is 164 cm³/mol. The second-order valence-electron chi connectivity index (χ2n) is 14.2. The van der Waals surface area contributed by atoms with Crippen LogP contribution in [-0.4, -0.2) is 88.9 Å². The predicted octanol–water partition coefficient (Wildman–Crippen LogP) is 4.44. The van der Waals surface area contributed by atoms with Crippen molar-refractivity contribution < 1.29 is 19.1 Å². The van der Waals surface area contributed by atoms with Crippen LogP contribution < -0.4 is 5.73 Å². The zero-order valence-electron chi connectivity index (χ0n) is 25.8. The minimum atomic E-state index is -0.718. The van der Waals surface area contributed by atoms with Gasteiger partial charge in [-0.05, 0) is 89.3 Å². The van der Waals surface area contributed by atoms with E-state index in [0.717, 1.165) is 50.6 Å². The van der Waals surface area contributed by atoms with Crippen molar-refractivity contribution in [3.05, 3.63) is 34.9 Å². The van der Waals surface area contributed by atoms with Gasteiger partial charge in [0.05, 0.1) is 12.0 Å². The number of hydrogen-bond donors (Lipinski definition) is 1. The van der Waals surface area contributed by atoms with Gasteiger partial charge in [-0.15, -0.1) is 0 Å². The molecule has 1 aliphatic carbocycles. The van der Waals surface area contributed by atoms with Crippen LogP contribution in [0.1, 0.15) is 84.1 Å². The van der Waals surface area contributed by atoms with Crippen LogP contribution in [0.5, 0.6) is 0 Å². The van der Waals surface area contributed by atoms with Crippen LogP contribution in [0.4, 0.5) is 0 Å². The van der Waals surface area contributed by atoms with Crippen LogP contribution in [0.3, 0.4) is 0 Å². The number of carbonyl (C=O) groups excluding carboxylic acids is 3. The lowest BCUT2D eigenvalue weighted by atomic mass is 9.84. The third-order valence-corrected chi connectivity index (χ3v) is 10.6. The Bertz CT molecular complexity index is 1120. The number of halogens is 1. The first-order valence-electron chi connectivity index (χ1n) is 15.9. The van der Waals surface area contributed by atoms with Crippen molar-refractivity contribution in [1.29, 1.82) is 0 Å². The molecular weight excluding hydrogens is 552 g/mol. The maximum absolute atomic E-state index is 14.5. The first-order chi connectivity index (χ1) is 19.9. The molecule has 8 nitrogen and oxygen atoms in total. The molecule has 3 amide bonds. The summed E-state index contributed by atoms with van der Waals surface area (Å²) in [5, 5.41) is 0.662. The summed E-state index contributed by atoms with van der Waals surface area (Å²) < 4.78 is 5.56. The minimum absolute atomic E-state index is 0.0265. The Balaban J connectivity index is 1.42. The van der Waals surface area contributed by atoms with Gasteiger partial charge in [-0.3, -0.25) is 19.3 Å². The highest BCUT2D eigenvalue weighted by atomic mass is 35.5. The minimum Gasteiger partial charge on any atom is -0.381 e. The van der Waals surface area contributed by atoms with Crippen molar-refractivity contribution in [2.24, 2.45) is 23.5 Å². The smallest absolute Gasteiger partial charge is 0.240 e. The molecule has 5 rings (SSSR count). The number of amides is 3. The molecule has 0 radical (unpaired) electrons. The average molecular weight is 601 g/mol. The van der Waals surface area contributed by atoms with E-state index in [-0.39, 0.29) is 47.2 Å². The van der Waals surface area contributed by atoms with E-state index < -0.39 is 11.9 Å². The van der Waals surface area contributed by atoms with Crippen molar-refractivity contribution in [1.82, 2.24) is 14.7 Å². The fourth-order valence-corrected chi connectivity index (χ4v) is 7.85. The summed E-state index contributed by atoms with van der Waals surface area (Å²) in [5.74, 6) is -0.126. The second-order valence-corrected chi connectivity index (χ2v) is 14.6. The molecule has 1 aromatic rings. The largest absolute Gasteiger partial charge is 0.381 e. The van der Waals surface area contributed by atoms with Gasteiger partial charge in [-0.25, -0.2) is 0 Å². The number of benzene rings is 1. The molecule has 9 heteroatoms. The Morgan fingerprint density at radius 1 is 0.929 bits per heavy atom. The van der Waals surface area contributed by atoms with Crippen LogP contribution in [0.25, 0.3) is 0 Å². The van der Waals surface area contributed by atoms with Crippen LogP contribution >= 0.6 is 11.6 Å². The highest BCUT2D eigenvalue weighted by molar-refractivity contribution is 6.30. The first kappa shape index (κ1) is 31.3. The van der Waals surface area contributed by atoms with E-state index in [0.29, 0.717) is 43.7 Å². The molecular formula is C33H49ClN4O4. The van der Waals surface area contributed by atoms with Crippen LogP contribution in [0, 0.1) is 17.8 Å². The van der Waals surface area contributed by atoms with Gasteiger partial charge in [-0.2, -0.15) is 0 Å². The normalized spacial score (nSPS) is 31.3. The second kappa shape index (κ2) is 12.8. The number of likely N-dealkylation sites (tertiary alicyclic amines) is 2. The molecule has 232 valence electrons. The molecule has 4 aliphatic rings. The van der Waals surface area contributed by atoms with Gasteiger partial charge in [0.25, 0.3) is 0 Å². The standard InChI is InChI=1S/C33H49ClN4O4/c1-21-5-11-25(12-6-21)38(31(40)23-13-15-42-16-14-23)26-17-29(30(35)39)37(18-26)32(41)28-20-36(33(2,3)4)19-27(28)22-7-9-24(34)10-8-22/h7-10,21,23,25-29H,5-6,11-20H2,1-4H3,(H2,35,39)/t21?,25?,26-,27-,28+,29-/m0/s1. The number of primary amides is 1. The molecule has 3 saturated heterocycles. The fraction of sp³-hybridized carbons (Fsp3) is 0.727. The van der Waals surface area contributed by atoms with Crippen molar-refractivity contribution in [2.45, 2.75) is 102 Å². The molecule has 4 fully saturated rings. The van der Waals surface area contributed by atoms with Gasteiger partial charge < -0.3 is 20.3 Å². The lowest BCUT2D eigenvalue weighted by molar-refractivity contribution is -0.145. The molecule has 1 aromatic carbocycles. The molecule has 42 heavy (non-hydrogen) atoms. The quantitative estimate of drug-likeness (QED) is 0.521. The molecule has 4 atom stereocenters. The van der Waals surface area contributed by atoms with Gasteiger partial charge >= 0.3 is 0 Å². The third-order valence-electron chi connectivity index (χ3n) is 10.4. The molecule has 3 aliphatic heterocycles. The van der Waals surface area contributed by atoms with E-state index in [1.165, 1.54) is 0 Å². The van der Waals surface area contributed by atoms with Gasteiger partial charge in [-0.1, -0.05) is 30.7 Å². The summed E-state index contributed by atoms with van der Waals surface area (Å²) in [7, 11) is 0. The number of nitrogens with two attached hydrogens (primary N) is 1. The highest BCUT2D eigenvalue weighted by Gasteiger charge is 2.50. The number of hydrogen-bond acceptors (Lipinski definition) is 5. The Labute approximate surface area is 256 Å². The summed E-state index contributed by atoms with van der Waals surface area (Å²) >= 11 is 6.20. The van der Waals surface area contributed by atoms with Crippen molar-refractivity contribution in [3.8, 4) is 0 Å². The Morgan fingerprint density at radius 2 is 1.57 bits per heavy atom. The maximum atomic E-state index is 14.5. The van der Waals surface area contributed by atoms with Gasteiger partial charge in [0.15, 0.2) is 0 Å². The van der Waals surface area contributed by atoms with Gasteiger partial charge in [0.2, 0.25) is 17.7 Å². The van der Waals surface area contributed by atoms with Crippen LogP contribution in [0.2, 0.25) is 5.02 Å². The monoisotopic (exact) mass is 600 g/mol. The summed E-state index contributed by atoms with van der Waals surface area (Å²) in [6, 6.07) is 6.97.